The number of nitriles is 1. The number of nitrogens with one attached hydrogen (secondary N) is 1. The number of alkyl halides is 3. The van der Waals surface area contributed by atoms with Crippen LogP contribution in [0.1, 0.15) is 23.2 Å². The summed E-state index contributed by atoms with van der Waals surface area (Å²) in [7, 11) is 0. The van der Waals surface area contributed by atoms with Crippen LogP contribution in [0, 0.1) is 22.7 Å². The van der Waals surface area contributed by atoms with E-state index in [-0.39, 0.29) is 30.7 Å². The first-order valence-corrected chi connectivity index (χ1v) is 12.1. The van der Waals surface area contributed by atoms with Crippen molar-refractivity contribution in [1.29, 1.82) is 5.26 Å². The molecule has 11 heteroatoms. The third-order valence-electron chi connectivity index (χ3n) is 6.96. The van der Waals surface area contributed by atoms with Gasteiger partial charge in [-0.15, -0.1) is 11.8 Å². The monoisotopic (exact) mass is 489 g/mol. The van der Waals surface area contributed by atoms with Gasteiger partial charge in [0.1, 0.15) is 6.04 Å². The van der Waals surface area contributed by atoms with Crippen molar-refractivity contribution in [1.82, 2.24) is 15.2 Å². The molecule has 1 aromatic carbocycles. The van der Waals surface area contributed by atoms with E-state index in [0.717, 1.165) is 5.69 Å². The topological polar surface area (TPSA) is 89.3 Å². The molecule has 2 aliphatic heterocycles. The van der Waals surface area contributed by atoms with Crippen molar-refractivity contribution in [3.8, 4) is 6.07 Å². The van der Waals surface area contributed by atoms with Crippen LogP contribution in [0.15, 0.2) is 30.5 Å². The predicted octanol–water partition coefficient (Wildman–Crippen LogP) is 3.17. The van der Waals surface area contributed by atoms with E-state index < -0.39 is 24.0 Å². The Hall–Kier alpha value is -3.00. The third-order valence-corrected chi connectivity index (χ3v) is 7.97. The van der Waals surface area contributed by atoms with E-state index in [0.29, 0.717) is 41.2 Å². The summed E-state index contributed by atoms with van der Waals surface area (Å²) in [6, 6.07) is 8.66. The van der Waals surface area contributed by atoms with Crippen molar-refractivity contribution in [3.05, 3.63) is 36.0 Å². The third kappa shape index (κ3) is 4.04. The Balaban J connectivity index is 1.26. The van der Waals surface area contributed by atoms with Crippen LogP contribution in [-0.4, -0.2) is 65.2 Å². The summed E-state index contributed by atoms with van der Waals surface area (Å²) in [6.45, 7) is 0.917. The number of fused-ring (bicyclic) bond motifs is 1. The molecule has 34 heavy (non-hydrogen) atoms. The van der Waals surface area contributed by atoms with Gasteiger partial charge in [0.05, 0.1) is 35.5 Å². The lowest BCUT2D eigenvalue weighted by atomic mass is 9.57. The Morgan fingerprint density at radius 3 is 2.74 bits per heavy atom. The highest BCUT2D eigenvalue weighted by Gasteiger charge is 2.60. The van der Waals surface area contributed by atoms with E-state index in [9.17, 15) is 22.8 Å². The van der Waals surface area contributed by atoms with Crippen molar-refractivity contribution in [3.63, 3.8) is 0 Å². The van der Waals surface area contributed by atoms with E-state index in [1.54, 1.807) is 12.1 Å². The molecule has 178 valence electrons. The van der Waals surface area contributed by atoms with Crippen LogP contribution in [0.5, 0.6) is 0 Å². The summed E-state index contributed by atoms with van der Waals surface area (Å²) in [5, 5.41) is 12.4. The molecule has 1 spiro atoms. The van der Waals surface area contributed by atoms with Crippen LogP contribution < -0.4 is 10.2 Å². The average Bonchev–Trinajstić information content (AvgIpc) is 3.23. The number of amides is 2. The SMILES string of the molecule is N#C[C@@H]1CSCN1C(=O)CNC(=O)c1ccnc2ccc(N3CC4(CC(C(F)(F)F)C4)C3)cc12. The molecule has 3 fully saturated rings. The lowest BCUT2D eigenvalue weighted by Gasteiger charge is -2.60. The van der Waals surface area contributed by atoms with Crippen LogP contribution in [0.25, 0.3) is 10.9 Å². The fourth-order valence-corrected chi connectivity index (χ4v) is 6.20. The van der Waals surface area contributed by atoms with Gasteiger partial charge in [-0.25, -0.2) is 0 Å². The summed E-state index contributed by atoms with van der Waals surface area (Å²) in [6.07, 6.45) is -2.25. The zero-order valence-electron chi connectivity index (χ0n) is 18.1. The van der Waals surface area contributed by atoms with Gasteiger partial charge in [-0.3, -0.25) is 14.6 Å². The fraction of sp³-hybridized carbons (Fsp3) is 0.478. The summed E-state index contributed by atoms with van der Waals surface area (Å²) in [4.78, 5) is 33.1. The molecule has 0 bridgehead atoms. The molecule has 1 aliphatic carbocycles. The van der Waals surface area contributed by atoms with Crippen molar-refractivity contribution in [2.45, 2.75) is 25.1 Å². The van der Waals surface area contributed by atoms with Crippen LogP contribution in [0.2, 0.25) is 0 Å². The van der Waals surface area contributed by atoms with E-state index >= 15 is 0 Å². The van der Waals surface area contributed by atoms with Crippen molar-refractivity contribution in [2.24, 2.45) is 11.3 Å². The standard InChI is InChI=1S/C23H22F3N5O2S/c24-23(25,26)14-6-22(7-14)11-30(12-22)15-1-2-19-18(5-15)17(3-4-28-19)21(33)29-9-20(32)31-13-34-10-16(31)8-27/h1-5,14,16H,6-7,9-13H2,(H,29,33)/t16-/m1/s1. The highest BCUT2D eigenvalue weighted by Crippen LogP contribution is 2.57. The molecule has 2 amide bonds. The number of aromatic nitrogens is 1. The first-order chi connectivity index (χ1) is 16.2. The number of hydrogen-bond acceptors (Lipinski definition) is 6. The molecular formula is C23H22F3N5O2S. The highest BCUT2D eigenvalue weighted by atomic mass is 32.2. The second-order valence-corrected chi connectivity index (χ2v) is 10.3. The first kappa shape index (κ1) is 22.8. The van der Waals surface area contributed by atoms with Crippen LogP contribution >= 0.6 is 11.8 Å². The molecule has 7 nitrogen and oxygen atoms in total. The Labute approximate surface area is 198 Å². The van der Waals surface area contributed by atoms with E-state index in [1.807, 2.05) is 17.0 Å². The first-order valence-electron chi connectivity index (χ1n) is 10.9. The molecule has 2 saturated heterocycles. The maximum Gasteiger partial charge on any atom is 0.391 e. The number of halogens is 3. The minimum Gasteiger partial charge on any atom is -0.370 e. The minimum atomic E-state index is -4.12. The maximum atomic E-state index is 12.9. The van der Waals surface area contributed by atoms with Gasteiger partial charge in [-0.2, -0.15) is 18.4 Å². The summed E-state index contributed by atoms with van der Waals surface area (Å²) in [5.74, 6) is -0.952. The fourth-order valence-electron chi connectivity index (χ4n) is 5.10. The number of rotatable bonds is 4. The Kier molecular flexibility index (Phi) is 5.59. The number of benzene rings is 1. The number of carbonyl (C=O) groups is 2. The van der Waals surface area contributed by atoms with Crippen molar-refractivity contribution in [2.75, 3.05) is 36.2 Å². The number of thioether (sulfide) groups is 1. The van der Waals surface area contributed by atoms with Crippen LogP contribution in [0.4, 0.5) is 18.9 Å². The molecule has 5 rings (SSSR count). The van der Waals surface area contributed by atoms with E-state index in [4.69, 9.17) is 5.26 Å². The minimum absolute atomic E-state index is 0.173. The average molecular weight is 490 g/mol. The lowest BCUT2D eigenvalue weighted by Crippen LogP contribution is -2.64. The zero-order valence-corrected chi connectivity index (χ0v) is 19.0. The molecule has 1 saturated carbocycles. The molecule has 1 atom stereocenters. The number of carbonyl (C=O) groups excluding carboxylic acids is 2. The predicted molar refractivity (Wildman–Crippen MR) is 121 cm³/mol. The molecule has 2 aromatic rings. The summed E-state index contributed by atoms with van der Waals surface area (Å²) < 4.78 is 38.6. The molecule has 3 aliphatic rings. The van der Waals surface area contributed by atoms with Crippen LogP contribution in [-0.2, 0) is 4.79 Å². The Morgan fingerprint density at radius 2 is 2.03 bits per heavy atom. The van der Waals surface area contributed by atoms with Gasteiger partial charge >= 0.3 is 6.18 Å². The van der Waals surface area contributed by atoms with Gasteiger partial charge in [0.15, 0.2) is 0 Å². The zero-order chi connectivity index (χ0) is 24.1. The van der Waals surface area contributed by atoms with Gasteiger partial charge in [-0.05, 0) is 37.1 Å². The molecule has 3 heterocycles. The van der Waals surface area contributed by atoms with Gasteiger partial charge in [-0.1, -0.05) is 0 Å². The lowest BCUT2D eigenvalue weighted by molar-refractivity contribution is -0.225. The quantitative estimate of drug-likeness (QED) is 0.710. The summed E-state index contributed by atoms with van der Waals surface area (Å²) >= 11 is 1.50. The molecule has 0 radical (unpaired) electrons. The van der Waals surface area contributed by atoms with Gasteiger partial charge in [0.2, 0.25) is 5.91 Å². The van der Waals surface area contributed by atoms with Gasteiger partial charge in [0.25, 0.3) is 5.91 Å². The number of nitrogens with zero attached hydrogens (tertiary/aromatic N) is 4. The normalized spacial score (nSPS) is 21.8. The molecule has 1 aromatic heterocycles. The molecular weight excluding hydrogens is 467 g/mol. The van der Waals surface area contributed by atoms with Gasteiger partial charge < -0.3 is 15.1 Å². The molecule has 1 N–H and O–H groups in total. The van der Waals surface area contributed by atoms with Crippen molar-refractivity contribution < 1.29 is 22.8 Å². The smallest absolute Gasteiger partial charge is 0.370 e. The number of pyridine rings is 1. The molecule has 0 unspecified atom stereocenters. The Morgan fingerprint density at radius 1 is 1.26 bits per heavy atom. The van der Waals surface area contributed by atoms with E-state index in [1.165, 1.54) is 22.9 Å². The van der Waals surface area contributed by atoms with Crippen LogP contribution in [0.3, 0.4) is 0 Å². The maximum absolute atomic E-state index is 12.9. The van der Waals surface area contributed by atoms with Crippen molar-refractivity contribution >= 4 is 40.2 Å². The number of anilines is 1. The second-order valence-electron chi connectivity index (χ2n) is 9.25. The summed E-state index contributed by atoms with van der Waals surface area (Å²) in [5.41, 5.74) is 1.54. The van der Waals surface area contributed by atoms with Gasteiger partial charge in [0, 0.05) is 41.5 Å². The Bertz CT molecular complexity index is 1180. The number of hydrogen-bond donors (Lipinski definition) is 1. The highest BCUT2D eigenvalue weighted by molar-refractivity contribution is 7.99. The largest absolute Gasteiger partial charge is 0.391 e. The second kappa shape index (κ2) is 8.34. The van der Waals surface area contributed by atoms with E-state index in [2.05, 4.69) is 16.4 Å².